The van der Waals surface area contributed by atoms with Gasteiger partial charge in [-0.15, -0.1) is 0 Å². The van der Waals surface area contributed by atoms with Crippen LogP contribution in [0.1, 0.15) is 11.1 Å². The molecule has 1 rings (SSSR count). The number of aryl methyl sites for hydroxylation is 1. The van der Waals surface area contributed by atoms with E-state index in [1.807, 2.05) is 25.1 Å². The molecule has 0 amide bonds. The van der Waals surface area contributed by atoms with E-state index in [2.05, 4.69) is 27.8 Å². The van der Waals surface area contributed by atoms with Crippen LogP contribution in [0.3, 0.4) is 0 Å². The summed E-state index contributed by atoms with van der Waals surface area (Å²) in [5, 5.41) is 8.49. The van der Waals surface area contributed by atoms with Crippen LogP contribution < -0.4 is 0 Å². The van der Waals surface area contributed by atoms with Crippen LogP contribution in [-0.4, -0.2) is 11.7 Å². The minimum Gasteiger partial charge on any atom is -0.384 e. The average Bonchev–Trinajstić information content (AvgIpc) is 2.03. The third kappa shape index (κ3) is 2.37. The molecule has 0 fully saturated rings. The van der Waals surface area contributed by atoms with E-state index >= 15 is 0 Å². The smallest absolute Gasteiger partial charge is 0.104 e. The van der Waals surface area contributed by atoms with E-state index in [-0.39, 0.29) is 6.61 Å². The Kier molecular flexibility index (Phi) is 3.33. The van der Waals surface area contributed by atoms with Gasteiger partial charge in [-0.1, -0.05) is 27.8 Å². The fraction of sp³-hybridized carbons (Fsp3) is 0.200. The summed E-state index contributed by atoms with van der Waals surface area (Å²) in [6.07, 6.45) is 0. The van der Waals surface area contributed by atoms with E-state index in [9.17, 15) is 0 Å². The van der Waals surface area contributed by atoms with E-state index in [4.69, 9.17) is 5.11 Å². The topological polar surface area (TPSA) is 20.2 Å². The number of hydrogen-bond acceptors (Lipinski definition) is 1. The van der Waals surface area contributed by atoms with Gasteiger partial charge < -0.3 is 5.11 Å². The molecule has 2 heteroatoms. The number of aliphatic hydroxyl groups excluding tert-OH is 1. The molecule has 1 N–H and O–H groups in total. The zero-order chi connectivity index (χ0) is 8.97. The SMILES string of the molecule is Cc1cc(Br)ccc1C#CCO. The van der Waals surface area contributed by atoms with Gasteiger partial charge in [0, 0.05) is 10.0 Å². The Hall–Kier alpha value is -0.780. The predicted molar refractivity (Wildman–Crippen MR) is 52.8 cm³/mol. The van der Waals surface area contributed by atoms with Crippen molar-refractivity contribution in [2.45, 2.75) is 6.92 Å². The van der Waals surface area contributed by atoms with Crippen LogP contribution in [0.2, 0.25) is 0 Å². The molecule has 0 aliphatic heterocycles. The molecule has 0 aliphatic carbocycles. The summed E-state index contributed by atoms with van der Waals surface area (Å²) in [6.45, 7) is 1.90. The van der Waals surface area contributed by atoms with Gasteiger partial charge in [0.15, 0.2) is 0 Å². The molecule has 62 valence electrons. The average molecular weight is 225 g/mol. The molecule has 0 heterocycles. The van der Waals surface area contributed by atoms with Gasteiger partial charge in [0.2, 0.25) is 0 Å². The summed E-state index contributed by atoms with van der Waals surface area (Å²) in [5.41, 5.74) is 2.08. The molecular weight excluding hydrogens is 216 g/mol. The van der Waals surface area contributed by atoms with Gasteiger partial charge >= 0.3 is 0 Å². The molecule has 0 saturated heterocycles. The number of halogens is 1. The zero-order valence-corrected chi connectivity index (χ0v) is 8.35. The predicted octanol–water partition coefficient (Wildman–Crippen LogP) is 2.10. The van der Waals surface area contributed by atoms with Gasteiger partial charge in [-0.25, -0.2) is 0 Å². The molecule has 0 atom stereocenters. The highest BCUT2D eigenvalue weighted by molar-refractivity contribution is 9.10. The lowest BCUT2D eigenvalue weighted by Crippen LogP contribution is -1.82. The van der Waals surface area contributed by atoms with Crippen LogP contribution in [0.25, 0.3) is 0 Å². The van der Waals surface area contributed by atoms with Crippen molar-refractivity contribution in [3.05, 3.63) is 33.8 Å². The van der Waals surface area contributed by atoms with Crippen molar-refractivity contribution >= 4 is 15.9 Å². The molecule has 1 aromatic carbocycles. The summed E-state index contributed by atoms with van der Waals surface area (Å²) < 4.78 is 1.05. The number of aliphatic hydroxyl groups is 1. The van der Waals surface area contributed by atoms with Crippen molar-refractivity contribution in [1.82, 2.24) is 0 Å². The second-order valence-corrected chi connectivity index (χ2v) is 3.33. The quantitative estimate of drug-likeness (QED) is 0.670. The van der Waals surface area contributed by atoms with Crippen molar-refractivity contribution in [2.24, 2.45) is 0 Å². The first kappa shape index (κ1) is 9.31. The fourth-order valence-corrected chi connectivity index (χ4v) is 1.38. The van der Waals surface area contributed by atoms with Gasteiger partial charge in [0.25, 0.3) is 0 Å². The van der Waals surface area contributed by atoms with Crippen molar-refractivity contribution in [1.29, 1.82) is 0 Å². The fourth-order valence-electron chi connectivity index (χ4n) is 0.902. The number of benzene rings is 1. The molecule has 0 spiro atoms. The van der Waals surface area contributed by atoms with E-state index in [0.29, 0.717) is 0 Å². The lowest BCUT2D eigenvalue weighted by molar-refractivity contribution is 0.350. The van der Waals surface area contributed by atoms with E-state index in [1.54, 1.807) is 0 Å². The van der Waals surface area contributed by atoms with E-state index in [1.165, 1.54) is 0 Å². The maximum Gasteiger partial charge on any atom is 0.104 e. The molecule has 0 aromatic heterocycles. The maximum absolute atomic E-state index is 8.49. The van der Waals surface area contributed by atoms with Crippen molar-refractivity contribution < 1.29 is 5.11 Å². The summed E-state index contributed by atoms with van der Waals surface area (Å²) in [5.74, 6) is 5.48. The molecule has 0 saturated carbocycles. The number of hydrogen-bond donors (Lipinski definition) is 1. The standard InChI is InChI=1S/C10H9BrO/c1-8-7-10(11)5-4-9(8)3-2-6-12/h4-5,7,12H,6H2,1H3. The molecule has 0 unspecified atom stereocenters. The van der Waals surface area contributed by atoms with Gasteiger partial charge in [0.1, 0.15) is 6.61 Å². The second kappa shape index (κ2) is 4.30. The van der Waals surface area contributed by atoms with Gasteiger partial charge in [-0.2, -0.15) is 0 Å². The molecule has 0 aliphatic rings. The normalized spacial score (nSPS) is 8.92. The highest BCUT2D eigenvalue weighted by Gasteiger charge is 1.93. The molecule has 0 radical (unpaired) electrons. The third-order valence-electron chi connectivity index (χ3n) is 1.49. The lowest BCUT2D eigenvalue weighted by atomic mass is 10.1. The monoisotopic (exact) mass is 224 g/mol. The Labute approximate surface area is 80.6 Å². The van der Waals surface area contributed by atoms with Crippen LogP contribution >= 0.6 is 15.9 Å². The minimum atomic E-state index is -0.0878. The Morgan fingerprint density at radius 3 is 2.83 bits per heavy atom. The van der Waals surface area contributed by atoms with Crippen LogP contribution in [0.5, 0.6) is 0 Å². The summed E-state index contributed by atoms with van der Waals surface area (Å²) in [7, 11) is 0. The van der Waals surface area contributed by atoms with Crippen molar-refractivity contribution in [3.8, 4) is 11.8 Å². The Morgan fingerprint density at radius 1 is 1.50 bits per heavy atom. The maximum atomic E-state index is 8.49. The first-order valence-electron chi connectivity index (χ1n) is 3.60. The summed E-state index contributed by atoms with van der Waals surface area (Å²) >= 11 is 3.37. The second-order valence-electron chi connectivity index (χ2n) is 2.42. The molecule has 0 bridgehead atoms. The largest absolute Gasteiger partial charge is 0.384 e. The molecule has 1 aromatic rings. The summed E-state index contributed by atoms with van der Waals surface area (Å²) in [6, 6.07) is 5.87. The minimum absolute atomic E-state index is 0.0878. The van der Waals surface area contributed by atoms with Crippen molar-refractivity contribution in [2.75, 3.05) is 6.61 Å². The van der Waals surface area contributed by atoms with Crippen molar-refractivity contribution in [3.63, 3.8) is 0 Å². The number of rotatable bonds is 0. The van der Waals surface area contributed by atoms with E-state index in [0.717, 1.165) is 15.6 Å². The summed E-state index contributed by atoms with van der Waals surface area (Å²) in [4.78, 5) is 0. The van der Waals surface area contributed by atoms with Crippen LogP contribution in [0.15, 0.2) is 22.7 Å². The van der Waals surface area contributed by atoms with Gasteiger partial charge in [0.05, 0.1) is 0 Å². The highest BCUT2D eigenvalue weighted by atomic mass is 79.9. The Balaban J connectivity index is 3.01. The van der Waals surface area contributed by atoms with Gasteiger partial charge in [-0.05, 0) is 30.7 Å². The first-order valence-corrected chi connectivity index (χ1v) is 4.39. The molecule has 12 heavy (non-hydrogen) atoms. The van der Waals surface area contributed by atoms with Gasteiger partial charge in [-0.3, -0.25) is 0 Å². The molecular formula is C10H9BrO. The van der Waals surface area contributed by atoms with Crippen LogP contribution in [0.4, 0.5) is 0 Å². The zero-order valence-electron chi connectivity index (χ0n) is 6.76. The highest BCUT2D eigenvalue weighted by Crippen LogP contribution is 2.14. The van der Waals surface area contributed by atoms with Crippen LogP contribution in [-0.2, 0) is 0 Å². The third-order valence-corrected chi connectivity index (χ3v) is 1.98. The Morgan fingerprint density at radius 2 is 2.25 bits per heavy atom. The Bertz CT molecular complexity index is 333. The lowest BCUT2D eigenvalue weighted by Gasteiger charge is -1.97. The van der Waals surface area contributed by atoms with E-state index < -0.39 is 0 Å². The van der Waals surface area contributed by atoms with Crippen LogP contribution in [0, 0.1) is 18.8 Å². The molecule has 1 nitrogen and oxygen atoms in total. The first-order chi connectivity index (χ1) is 5.74.